The van der Waals surface area contributed by atoms with Crippen LogP contribution in [0, 0.1) is 5.41 Å². The Morgan fingerprint density at radius 1 is 1.33 bits per heavy atom. The Labute approximate surface area is 113 Å². The molecule has 1 rings (SSSR count). The Morgan fingerprint density at radius 2 is 1.94 bits per heavy atom. The quantitative estimate of drug-likeness (QED) is 0.717. The molecule has 0 N–H and O–H groups in total. The summed E-state index contributed by atoms with van der Waals surface area (Å²) >= 11 is 0. The Morgan fingerprint density at radius 3 is 2.44 bits per heavy atom. The van der Waals surface area contributed by atoms with E-state index in [1.165, 1.54) is 0 Å². The molecule has 3 heteroatoms. The summed E-state index contributed by atoms with van der Waals surface area (Å²) in [5.74, 6) is 0.887. The van der Waals surface area contributed by atoms with Gasteiger partial charge in [-0.2, -0.15) is 0 Å². The average Bonchev–Trinajstić information content (AvgIpc) is 2.25. The molecule has 3 nitrogen and oxygen atoms in total. The molecule has 1 aliphatic heterocycles. The molecule has 0 radical (unpaired) electrons. The maximum Gasteiger partial charge on any atom is 0.104 e. The van der Waals surface area contributed by atoms with Crippen molar-refractivity contribution in [2.45, 2.75) is 46.7 Å². The molecular weight excluding hydrogens is 224 g/mol. The van der Waals surface area contributed by atoms with Crippen LogP contribution in [0.2, 0.25) is 0 Å². The van der Waals surface area contributed by atoms with Gasteiger partial charge in [0.2, 0.25) is 0 Å². The van der Waals surface area contributed by atoms with Gasteiger partial charge in [0, 0.05) is 31.1 Å². The lowest BCUT2D eigenvalue weighted by Crippen LogP contribution is -2.55. The number of ether oxygens (including phenoxy) is 1. The zero-order valence-electron chi connectivity index (χ0n) is 13.0. The summed E-state index contributed by atoms with van der Waals surface area (Å²) < 4.78 is 5.88. The molecule has 0 amide bonds. The Bertz CT molecular complexity index is 281. The minimum absolute atomic E-state index is 0.0327. The molecular formula is C15H30N2O. The van der Waals surface area contributed by atoms with Crippen molar-refractivity contribution in [2.24, 2.45) is 5.41 Å². The van der Waals surface area contributed by atoms with Crippen molar-refractivity contribution in [3.63, 3.8) is 0 Å². The smallest absolute Gasteiger partial charge is 0.104 e. The first-order valence-corrected chi connectivity index (χ1v) is 6.98. The summed E-state index contributed by atoms with van der Waals surface area (Å²) in [6.07, 6.45) is 0. The van der Waals surface area contributed by atoms with E-state index in [4.69, 9.17) is 4.74 Å². The predicted octanol–water partition coefficient (Wildman–Crippen LogP) is 2.59. The lowest BCUT2D eigenvalue weighted by molar-refractivity contribution is 0.0230. The van der Waals surface area contributed by atoms with Crippen LogP contribution in [0.5, 0.6) is 0 Å². The molecule has 1 atom stereocenters. The van der Waals surface area contributed by atoms with Gasteiger partial charge in [0.1, 0.15) is 6.61 Å². The van der Waals surface area contributed by atoms with Crippen molar-refractivity contribution in [1.82, 2.24) is 9.80 Å². The molecule has 0 aliphatic carbocycles. The molecule has 0 saturated carbocycles. The highest BCUT2D eigenvalue weighted by atomic mass is 16.5. The van der Waals surface area contributed by atoms with Gasteiger partial charge in [0.05, 0.1) is 11.8 Å². The highest BCUT2D eigenvalue weighted by molar-refractivity contribution is 4.96. The predicted molar refractivity (Wildman–Crippen MR) is 77.7 cm³/mol. The lowest BCUT2D eigenvalue weighted by Gasteiger charge is -2.41. The fourth-order valence-electron chi connectivity index (χ4n) is 2.03. The molecule has 1 unspecified atom stereocenters. The molecule has 1 aliphatic rings. The second-order valence-electron chi connectivity index (χ2n) is 6.71. The van der Waals surface area contributed by atoms with Gasteiger partial charge < -0.3 is 4.74 Å². The van der Waals surface area contributed by atoms with E-state index in [0.717, 1.165) is 32.0 Å². The second kappa shape index (κ2) is 6.07. The zero-order chi connectivity index (χ0) is 13.9. The fourth-order valence-corrected chi connectivity index (χ4v) is 2.03. The summed E-state index contributed by atoms with van der Waals surface area (Å²) in [5, 5.41) is 0. The molecule has 0 aromatic rings. The molecule has 0 spiro atoms. The number of allylic oxidation sites excluding steroid dienone is 1. The van der Waals surface area contributed by atoms with Gasteiger partial charge >= 0.3 is 0 Å². The van der Waals surface area contributed by atoms with Crippen molar-refractivity contribution >= 4 is 0 Å². The van der Waals surface area contributed by atoms with E-state index in [0.29, 0.717) is 12.1 Å². The average molecular weight is 254 g/mol. The molecule has 1 saturated heterocycles. The Balaban J connectivity index is 2.47. The van der Waals surface area contributed by atoms with Gasteiger partial charge in [-0.05, 0) is 20.9 Å². The number of piperazine rings is 1. The lowest BCUT2D eigenvalue weighted by atomic mass is 9.95. The van der Waals surface area contributed by atoms with Crippen LogP contribution in [-0.4, -0.2) is 55.2 Å². The van der Waals surface area contributed by atoms with E-state index in [1.54, 1.807) is 0 Å². The molecule has 1 fully saturated rings. The first-order chi connectivity index (χ1) is 8.21. The first-order valence-electron chi connectivity index (χ1n) is 6.98. The SMILES string of the molecule is C=C(OCC1CN(C(C)C)CCN1C)C(C)(C)C. The summed E-state index contributed by atoms with van der Waals surface area (Å²) in [6.45, 7) is 19.1. The van der Waals surface area contributed by atoms with Crippen LogP contribution in [0.25, 0.3) is 0 Å². The summed E-state index contributed by atoms with van der Waals surface area (Å²) in [5.41, 5.74) is 0.0327. The fraction of sp³-hybridized carbons (Fsp3) is 0.867. The van der Waals surface area contributed by atoms with Crippen LogP contribution in [0.4, 0.5) is 0 Å². The highest BCUT2D eigenvalue weighted by Crippen LogP contribution is 2.25. The monoisotopic (exact) mass is 254 g/mol. The van der Waals surface area contributed by atoms with Gasteiger partial charge in [-0.15, -0.1) is 0 Å². The van der Waals surface area contributed by atoms with Crippen LogP contribution >= 0.6 is 0 Å². The van der Waals surface area contributed by atoms with Crippen LogP contribution in [0.1, 0.15) is 34.6 Å². The number of likely N-dealkylation sites (N-methyl/N-ethyl adjacent to an activating group) is 1. The maximum absolute atomic E-state index is 5.88. The number of rotatable bonds is 4. The molecule has 106 valence electrons. The van der Waals surface area contributed by atoms with E-state index in [-0.39, 0.29) is 5.41 Å². The van der Waals surface area contributed by atoms with Gasteiger partial charge in [0.25, 0.3) is 0 Å². The summed E-state index contributed by atoms with van der Waals surface area (Å²) in [4.78, 5) is 4.92. The summed E-state index contributed by atoms with van der Waals surface area (Å²) in [7, 11) is 2.19. The van der Waals surface area contributed by atoms with E-state index >= 15 is 0 Å². The van der Waals surface area contributed by atoms with Crippen molar-refractivity contribution < 1.29 is 4.74 Å². The number of nitrogens with zero attached hydrogens (tertiary/aromatic N) is 2. The first kappa shape index (κ1) is 15.5. The number of hydrogen-bond acceptors (Lipinski definition) is 3. The van der Waals surface area contributed by atoms with E-state index in [2.05, 4.69) is 58.0 Å². The third-order valence-electron chi connectivity index (χ3n) is 3.83. The van der Waals surface area contributed by atoms with Crippen LogP contribution in [-0.2, 0) is 4.74 Å². The third kappa shape index (κ3) is 4.29. The van der Waals surface area contributed by atoms with Crippen LogP contribution < -0.4 is 0 Å². The molecule has 0 aromatic heterocycles. The minimum Gasteiger partial charge on any atom is -0.496 e. The Hall–Kier alpha value is -0.540. The van der Waals surface area contributed by atoms with E-state index in [1.807, 2.05) is 0 Å². The van der Waals surface area contributed by atoms with Gasteiger partial charge in [-0.1, -0.05) is 27.4 Å². The van der Waals surface area contributed by atoms with E-state index in [9.17, 15) is 0 Å². The highest BCUT2D eigenvalue weighted by Gasteiger charge is 2.27. The van der Waals surface area contributed by atoms with Gasteiger partial charge in [-0.3, -0.25) is 9.80 Å². The van der Waals surface area contributed by atoms with Crippen molar-refractivity contribution in [2.75, 3.05) is 33.3 Å². The van der Waals surface area contributed by atoms with E-state index < -0.39 is 0 Å². The van der Waals surface area contributed by atoms with Gasteiger partial charge in [0.15, 0.2) is 0 Å². The Kier molecular flexibility index (Phi) is 5.23. The topological polar surface area (TPSA) is 15.7 Å². The molecule has 1 heterocycles. The van der Waals surface area contributed by atoms with Crippen molar-refractivity contribution in [3.8, 4) is 0 Å². The standard InChI is InChI=1S/C15H30N2O/c1-12(2)17-9-8-16(7)14(10-17)11-18-13(3)15(4,5)6/h12,14H,3,8-11H2,1-2,4-7H3. The third-order valence-corrected chi connectivity index (χ3v) is 3.83. The van der Waals surface area contributed by atoms with Crippen LogP contribution in [0.15, 0.2) is 12.3 Å². The number of hydrogen-bond donors (Lipinski definition) is 0. The van der Waals surface area contributed by atoms with Crippen molar-refractivity contribution in [3.05, 3.63) is 12.3 Å². The molecule has 0 bridgehead atoms. The second-order valence-corrected chi connectivity index (χ2v) is 6.71. The zero-order valence-corrected chi connectivity index (χ0v) is 13.0. The normalized spacial score (nSPS) is 23.4. The molecule has 0 aromatic carbocycles. The van der Waals surface area contributed by atoms with Crippen LogP contribution in [0.3, 0.4) is 0 Å². The molecule has 18 heavy (non-hydrogen) atoms. The minimum atomic E-state index is 0.0327. The summed E-state index contributed by atoms with van der Waals surface area (Å²) in [6, 6.07) is 1.09. The maximum atomic E-state index is 5.88. The van der Waals surface area contributed by atoms with Gasteiger partial charge in [-0.25, -0.2) is 0 Å². The largest absolute Gasteiger partial charge is 0.496 e. The van der Waals surface area contributed by atoms with Crippen molar-refractivity contribution in [1.29, 1.82) is 0 Å².